The van der Waals surface area contributed by atoms with Gasteiger partial charge in [0.25, 0.3) is 0 Å². The van der Waals surface area contributed by atoms with Crippen LogP contribution in [0, 0.1) is 19.3 Å². The number of thiophene rings is 1. The van der Waals surface area contributed by atoms with Crippen molar-refractivity contribution in [1.29, 1.82) is 0 Å². The van der Waals surface area contributed by atoms with Crippen molar-refractivity contribution < 1.29 is 5.11 Å². The van der Waals surface area contributed by atoms with Gasteiger partial charge >= 0.3 is 0 Å². The lowest BCUT2D eigenvalue weighted by Crippen LogP contribution is -2.33. The highest BCUT2D eigenvalue weighted by Gasteiger charge is 2.21. The Kier molecular flexibility index (Phi) is 5.38. The summed E-state index contributed by atoms with van der Waals surface area (Å²) in [6.45, 7) is 13.7. The molecule has 18 heavy (non-hydrogen) atoms. The molecule has 1 aromatic heterocycles. The van der Waals surface area contributed by atoms with E-state index in [1.165, 1.54) is 15.3 Å². The minimum atomic E-state index is -0.234. The summed E-state index contributed by atoms with van der Waals surface area (Å²) in [5.41, 5.74) is 1.53. The number of aliphatic hydroxyl groups excluding tert-OH is 1. The number of rotatable bonds is 6. The molecule has 0 aliphatic carbocycles. The molecule has 2 unspecified atom stereocenters. The molecule has 0 radical (unpaired) electrons. The van der Waals surface area contributed by atoms with Gasteiger partial charge in [0.05, 0.1) is 6.10 Å². The largest absolute Gasteiger partial charge is 0.393 e. The van der Waals surface area contributed by atoms with Crippen LogP contribution in [0.1, 0.15) is 55.5 Å². The average Bonchev–Trinajstić information content (AvgIpc) is 2.52. The van der Waals surface area contributed by atoms with Crippen molar-refractivity contribution >= 4 is 11.3 Å². The number of aryl methyl sites for hydroxylation is 2. The zero-order valence-electron chi connectivity index (χ0n) is 12.5. The summed E-state index contributed by atoms with van der Waals surface area (Å²) in [6, 6.07) is 2.66. The second-order valence-electron chi connectivity index (χ2n) is 6.19. The van der Waals surface area contributed by atoms with Crippen molar-refractivity contribution in [3.63, 3.8) is 0 Å². The maximum atomic E-state index is 9.49. The number of nitrogens with one attached hydrogen (secondary N) is 1. The summed E-state index contributed by atoms with van der Waals surface area (Å²) >= 11 is 1.86. The first-order valence-corrected chi connectivity index (χ1v) is 7.51. The van der Waals surface area contributed by atoms with Gasteiger partial charge in [-0.15, -0.1) is 11.3 Å². The molecular weight excluding hydrogens is 242 g/mol. The highest BCUT2D eigenvalue weighted by atomic mass is 32.1. The van der Waals surface area contributed by atoms with Crippen molar-refractivity contribution in [3.8, 4) is 0 Å². The molecule has 104 valence electrons. The van der Waals surface area contributed by atoms with Gasteiger partial charge in [-0.25, -0.2) is 0 Å². The van der Waals surface area contributed by atoms with Crippen molar-refractivity contribution in [2.45, 2.75) is 60.1 Å². The van der Waals surface area contributed by atoms with E-state index in [0.29, 0.717) is 6.04 Å². The molecule has 0 fully saturated rings. The molecule has 0 aromatic carbocycles. The van der Waals surface area contributed by atoms with E-state index >= 15 is 0 Å². The van der Waals surface area contributed by atoms with Crippen LogP contribution < -0.4 is 5.32 Å². The SMILES string of the molecule is Cc1cc(C(C)NCC(C)(C)CC(C)O)c(C)s1. The fourth-order valence-electron chi connectivity index (χ4n) is 2.49. The maximum Gasteiger partial charge on any atom is 0.0517 e. The van der Waals surface area contributed by atoms with Crippen molar-refractivity contribution in [2.75, 3.05) is 6.54 Å². The summed E-state index contributed by atoms with van der Waals surface area (Å²) in [5, 5.41) is 13.1. The van der Waals surface area contributed by atoms with Crippen LogP contribution >= 0.6 is 11.3 Å². The van der Waals surface area contributed by atoms with Crippen LogP contribution in [0.3, 0.4) is 0 Å². The van der Waals surface area contributed by atoms with Crippen molar-refractivity contribution in [1.82, 2.24) is 5.32 Å². The third-order valence-corrected chi connectivity index (χ3v) is 4.26. The monoisotopic (exact) mass is 269 g/mol. The van der Waals surface area contributed by atoms with Crippen molar-refractivity contribution in [3.05, 3.63) is 21.4 Å². The highest BCUT2D eigenvalue weighted by molar-refractivity contribution is 7.12. The summed E-state index contributed by atoms with van der Waals surface area (Å²) in [4.78, 5) is 2.78. The van der Waals surface area contributed by atoms with Crippen LogP contribution in [-0.4, -0.2) is 17.8 Å². The predicted molar refractivity (Wildman–Crippen MR) is 80.3 cm³/mol. The molecule has 3 heteroatoms. The second-order valence-corrected chi connectivity index (χ2v) is 7.65. The molecule has 0 aliphatic rings. The molecule has 0 aliphatic heterocycles. The first kappa shape index (κ1) is 15.7. The van der Waals surface area contributed by atoms with E-state index in [1.54, 1.807) is 0 Å². The summed E-state index contributed by atoms with van der Waals surface area (Å²) < 4.78 is 0. The number of hydrogen-bond donors (Lipinski definition) is 2. The Morgan fingerprint density at radius 2 is 1.94 bits per heavy atom. The zero-order valence-corrected chi connectivity index (χ0v) is 13.3. The topological polar surface area (TPSA) is 32.3 Å². The minimum Gasteiger partial charge on any atom is -0.393 e. The minimum absolute atomic E-state index is 0.126. The quantitative estimate of drug-likeness (QED) is 0.823. The van der Waals surface area contributed by atoms with Gasteiger partial charge in [-0.1, -0.05) is 13.8 Å². The lowest BCUT2D eigenvalue weighted by molar-refractivity contribution is 0.127. The first-order valence-electron chi connectivity index (χ1n) is 6.69. The lowest BCUT2D eigenvalue weighted by atomic mass is 9.86. The first-order chi connectivity index (χ1) is 8.21. The van der Waals surface area contributed by atoms with Crippen LogP contribution in [0.15, 0.2) is 6.07 Å². The van der Waals surface area contributed by atoms with Gasteiger partial charge in [0.2, 0.25) is 0 Å². The van der Waals surface area contributed by atoms with E-state index in [4.69, 9.17) is 0 Å². The zero-order chi connectivity index (χ0) is 13.9. The van der Waals surface area contributed by atoms with Crippen LogP contribution in [-0.2, 0) is 0 Å². The van der Waals surface area contributed by atoms with Gasteiger partial charge in [0.15, 0.2) is 0 Å². The van der Waals surface area contributed by atoms with E-state index < -0.39 is 0 Å². The molecule has 0 bridgehead atoms. The fourth-order valence-corrected chi connectivity index (χ4v) is 3.51. The van der Waals surface area contributed by atoms with Crippen LogP contribution in [0.4, 0.5) is 0 Å². The molecule has 2 atom stereocenters. The molecule has 1 heterocycles. The number of hydrogen-bond acceptors (Lipinski definition) is 3. The molecule has 1 aromatic rings. The molecule has 0 saturated heterocycles. The van der Waals surface area contributed by atoms with Gasteiger partial charge < -0.3 is 10.4 Å². The molecule has 1 rings (SSSR count). The summed E-state index contributed by atoms with van der Waals surface area (Å²) in [5.74, 6) is 0. The van der Waals surface area contributed by atoms with Crippen molar-refractivity contribution in [2.24, 2.45) is 5.41 Å². The normalized spacial score (nSPS) is 15.7. The van der Waals surface area contributed by atoms with Gasteiger partial charge in [0.1, 0.15) is 0 Å². The lowest BCUT2D eigenvalue weighted by Gasteiger charge is -2.28. The Labute approximate surface area is 115 Å². The van der Waals surface area contributed by atoms with Crippen LogP contribution in [0.2, 0.25) is 0 Å². The average molecular weight is 269 g/mol. The second kappa shape index (κ2) is 6.18. The van der Waals surface area contributed by atoms with Crippen LogP contribution in [0.5, 0.6) is 0 Å². The number of aliphatic hydroxyl groups is 1. The van der Waals surface area contributed by atoms with E-state index in [0.717, 1.165) is 13.0 Å². The summed E-state index contributed by atoms with van der Waals surface area (Å²) in [7, 11) is 0. The van der Waals surface area contributed by atoms with Gasteiger partial charge in [-0.05, 0) is 51.2 Å². The maximum absolute atomic E-state index is 9.49. The molecular formula is C15H27NOS. The fraction of sp³-hybridized carbons (Fsp3) is 0.733. The van der Waals surface area contributed by atoms with Crippen LogP contribution in [0.25, 0.3) is 0 Å². The molecule has 0 spiro atoms. The van der Waals surface area contributed by atoms with Gasteiger partial charge in [-0.2, -0.15) is 0 Å². The Morgan fingerprint density at radius 1 is 1.33 bits per heavy atom. The third kappa shape index (κ3) is 4.71. The predicted octanol–water partition coefficient (Wildman–Crippen LogP) is 3.81. The molecule has 0 saturated carbocycles. The Bertz CT molecular complexity index is 382. The standard InChI is InChI=1S/C15H27NOS/c1-10(17)8-15(5,6)9-16-12(3)14-7-11(2)18-13(14)4/h7,10,12,16-17H,8-9H2,1-6H3. The third-order valence-electron chi connectivity index (χ3n) is 3.28. The van der Waals surface area contributed by atoms with E-state index in [9.17, 15) is 5.11 Å². The highest BCUT2D eigenvalue weighted by Crippen LogP contribution is 2.28. The summed E-state index contributed by atoms with van der Waals surface area (Å²) in [6.07, 6.45) is 0.594. The van der Waals surface area contributed by atoms with Gasteiger partial charge in [0, 0.05) is 22.3 Å². The smallest absolute Gasteiger partial charge is 0.0517 e. The van der Waals surface area contributed by atoms with E-state index in [2.05, 4.69) is 46.0 Å². The Morgan fingerprint density at radius 3 is 2.39 bits per heavy atom. The van der Waals surface area contributed by atoms with E-state index in [-0.39, 0.29) is 11.5 Å². The Balaban J connectivity index is 2.55. The van der Waals surface area contributed by atoms with E-state index in [1.807, 2.05) is 18.3 Å². The molecule has 2 nitrogen and oxygen atoms in total. The molecule has 2 N–H and O–H groups in total. The Hall–Kier alpha value is -0.380. The molecule has 0 amide bonds. The van der Waals surface area contributed by atoms with Gasteiger partial charge in [-0.3, -0.25) is 0 Å².